The van der Waals surface area contributed by atoms with Gasteiger partial charge in [0, 0.05) is 5.56 Å². The van der Waals surface area contributed by atoms with Gasteiger partial charge < -0.3 is 15.6 Å². The average Bonchev–Trinajstić information content (AvgIpc) is 2.16. The van der Waals surface area contributed by atoms with Gasteiger partial charge in [0.25, 0.3) is 0 Å². The molecule has 0 aliphatic rings. The van der Waals surface area contributed by atoms with Crippen molar-refractivity contribution in [1.82, 2.24) is 0 Å². The molecule has 1 atom stereocenters. The first kappa shape index (κ1) is 11.6. The summed E-state index contributed by atoms with van der Waals surface area (Å²) in [6, 6.07) is 3.86. The van der Waals surface area contributed by atoms with Crippen molar-refractivity contribution in [3.63, 3.8) is 0 Å². The molecule has 0 aliphatic carbocycles. The summed E-state index contributed by atoms with van der Waals surface area (Å²) in [6.45, 7) is 0. The van der Waals surface area contributed by atoms with Crippen LogP contribution in [0.2, 0.25) is 0 Å². The van der Waals surface area contributed by atoms with E-state index in [9.17, 15) is 13.2 Å². The van der Waals surface area contributed by atoms with Crippen LogP contribution in [0.4, 0.5) is 18.9 Å². The van der Waals surface area contributed by atoms with Crippen molar-refractivity contribution < 1.29 is 23.0 Å². The maximum Gasteiger partial charge on any atom is 0.418 e. The first-order valence-corrected chi connectivity index (χ1v) is 4.05. The van der Waals surface area contributed by atoms with Gasteiger partial charge >= 0.3 is 6.18 Å². The van der Waals surface area contributed by atoms with Crippen LogP contribution in [0, 0.1) is 0 Å². The summed E-state index contributed by atoms with van der Waals surface area (Å²) in [5, 5.41) is 9.00. The van der Waals surface area contributed by atoms with Gasteiger partial charge in [-0.15, -0.1) is 0 Å². The minimum Gasteiger partial charge on any atom is -0.495 e. The Morgan fingerprint density at radius 2 is 2.00 bits per heavy atom. The highest BCUT2D eigenvalue weighted by atomic mass is 19.4. The fourth-order valence-electron chi connectivity index (χ4n) is 1.15. The molecule has 0 saturated carbocycles. The molecule has 1 aromatic rings. The zero-order chi connectivity index (χ0) is 11.6. The Balaban J connectivity index is 3.15. The number of anilines is 1. The van der Waals surface area contributed by atoms with Gasteiger partial charge in [-0.25, -0.2) is 0 Å². The second-order valence-electron chi connectivity index (χ2n) is 2.91. The first-order chi connectivity index (χ1) is 6.88. The van der Waals surface area contributed by atoms with E-state index in [4.69, 9.17) is 15.6 Å². The molecule has 3 nitrogen and oxygen atoms in total. The molecule has 3 N–H and O–H groups in total. The van der Waals surface area contributed by atoms with Crippen LogP contribution < -0.4 is 10.5 Å². The molecule has 0 spiro atoms. The second kappa shape index (κ2) is 3.98. The van der Waals surface area contributed by atoms with E-state index in [0.29, 0.717) is 0 Å². The Bertz CT molecular complexity index is 352. The molecule has 1 rings (SSSR count). The Labute approximate surface area is 84.3 Å². The normalized spacial score (nSPS) is 13.7. The Hall–Kier alpha value is -1.43. The van der Waals surface area contributed by atoms with Gasteiger partial charge in [0.15, 0.2) is 6.10 Å². The summed E-state index contributed by atoms with van der Waals surface area (Å²) in [5.74, 6) is 0.107. The van der Waals surface area contributed by atoms with Crippen molar-refractivity contribution in [2.24, 2.45) is 0 Å². The summed E-state index contributed by atoms with van der Waals surface area (Å²) in [5.41, 5.74) is 4.80. The lowest BCUT2D eigenvalue weighted by Gasteiger charge is -2.17. The van der Waals surface area contributed by atoms with Gasteiger partial charge in [0.1, 0.15) is 5.75 Å². The number of alkyl halides is 3. The maximum atomic E-state index is 12.2. The molecule has 15 heavy (non-hydrogen) atoms. The van der Waals surface area contributed by atoms with E-state index in [1.807, 2.05) is 0 Å². The number of halogens is 3. The molecule has 0 radical (unpaired) electrons. The molecule has 84 valence electrons. The van der Waals surface area contributed by atoms with E-state index in [2.05, 4.69) is 0 Å². The van der Waals surface area contributed by atoms with Gasteiger partial charge in [-0.3, -0.25) is 0 Å². The van der Waals surface area contributed by atoms with Crippen LogP contribution in [0.3, 0.4) is 0 Å². The third-order valence-corrected chi connectivity index (χ3v) is 1.92. The van der Waals surface area contributed by atoms with Crippen LogP contribution >= 0.6 is 0 Å². The molecule has 0 aromatic heterocycles. The summed E-state index contributed by atoms with van der Waals surface area (Å²) in [7, 11) is 1.29. The number of para-hydroxylation sites is 1. The van der Waals surface area contributed by atoms with Crippen LogP contribution in [-0.2, 0) is 0 Å². The lowest BCUT2D eigenvalue weighted by molar-refractivity contribution is -0.206. The Morgan fingerprint density at radius 3 is 2.47 bits per heavy atom. The summed E-state index contributed by atoms with van der Waals surface area (Å²) in [4.78, 5) is 0. The highest BCUT2D eigenvalue weighted by Crippen LogP contribution is 2.38. The van der Waals surface area contributed by atoms with Gasteiger partial charge in [0.05, 0.1) is 12.8 Å². The number of nitrogens with two attached hydrogens (primary N) is 1. The van der Waals surface area contributed by atoms with Crippen molar-refractivity contribution in [3.8, 4) is 5.75 Å². The van der Waals surface area contributed by atoms with Crippen LogP contribution in [0.1, 0.15) is 11.7 Å². The standard InChI is InChI=1S/C9H10F3NO2/c1-15-6-4-2-3-5(7(6)13)8(14)9(10,11)12/h2-4,8,14H,13H2,1H3. The predicted molar refractivity (Wildman–Crippen MR) is 48.4 cm³/mol. The number of hydrogen-bond acceptors (Lipinski definition) is 3. The number of methoxy groups -OCH3 is 1. The maximum absolute atomic E-state index is 12.2. The Morgan fingerprint density at radius 1 is 1.40 bits per heavy atom. The van der Waals surface area contributed by atoms with Crippen molar-refractivity contribution in [2.45, 2.75) is 12.3 Å². The highest BCUT2D eigenvalue weighted by molar-refractivity contribution is 5.59. The molecule has 0 bridgehead atoms. The minimum absolute atomic E-state index is 0.107. The lowest BCUT2D eigenvalue weighted by Crippen LogP contribution is -2.21. The van der Waals surface area contributed by atoms with Crippen molar-refractivity contribution in [2.75, 3.05) is 12.8 Å². The molecular weight excluding hydrogens is 211 g/mol. The van der Waals surface area contributed by atoms with E-state index in [0.717, 1.165) is 6.07 Å². The minimum atomic E-state index is -4.74. The second-order valence-corrected chi connectivity index (χ2v) is 2.91. The highest BCUT2D eigenvalue weighted by Gasteiger charge is 2.40. The van der Waals surface area contributed by atoms with Crippen LogP contribution in [0.25, 0.3) is 0 Å². The summed E-state index contributed by atoms with van der Waals surface area (Å²) in [6.07, 6.45) is -7.33. The smallest absolute Gasteiger partial charge is 0.418 e. The van der Waals surface area contributed by atoms with E-state index in [1.54, 1.807) is 0 Å². The topological polar surface area (TPSA) is 55.5 Å². The van der Waals surface area contributed by atoms with Crippen molar-refractivity contribution >= 4 is 5.69 Å². The third-order valence-electron chi connectivity index (χ3n) is 1.92. The van der Waals surface area contributed by atoms with Gasteiger partial charge in [0.2, 0.25) is 0 Å². The number of ether oxygens (including phenoxy) is 1. The van der Waals surface area contributed by atoms with E-state index < -0.39 is 17.8 Å². The van der Waals surface area contributed by atoms with Crippen molar-refractivity contribution in [1.29, 1.82) is 0 Å². The molecule has 1 unspecified atom stereocenters. The molecule has 0 fully saturated rings. The summed E-state index contributed by atoms with van der Waals surface area (Å²) >= 11 is 0. The van der Waals surface area contributed by atoms with E-state index >= 15 is 0 Å². The van der Waals surface area contributed by atoms with E-state index in [-0.39, 0.29) is 11.4 Å². The van der Waals surface area contributed by atoms with Gasteiger partial charge in [-0.1, -0.05) is 12.1 Å². The Kier molecular flexibility index (Phi) is 3.09. The molecule has 6 heteroatoms. The lowest BCUT2D eigenvalue weighted by atomic mass is 10.1. The fourth-order valence-corrected chi connectivity index (χ4v) is 1.15. The molecule has 0 aliphatic heterocycles. The molecule has 1 aromatic carbocycles. The number of benzene rings is 1. The molecular formula is C9H10F3NO2. The van der Waals surface area contributed by atoms with Crippen LogP contribution in [0.15, 0.2) is 18.2 Å². The van der Waals surface area contributed by atoms with Crippen molar-refractivity contribution in [3.05, 3.63) is 23.8 Å². The number of rotatable bonds is 2. The number of aliphatic hydroxyl groups is 1. The number of hydrogen-bond donors (Lipinski definition) is 2. The molecule has 0 amide bonds. The zero-order valence-electron chi connectivity index (χ0n) is 7.88. The monoisotopic (exact) mass is 221 g/mol. The summed E-state index contributed by atoms with van der Waals surface area (Å²) < 4.78 is 41.4. The fraction of sp³-hybridized carbons (Fsp3) is 0.333. The zero-order valence-corrected chi connectivity index (χ0v) is 7.88. The molecule has 0 saturated heterocycles. The van der Waals surface area contributed by atoms with Crippen LogP contribution in [-0.4, -0.2) is 18.4 Å². The third kappa shape index (κ3) is 2.33. The number of nitrogen functional groups attached to an aromatic ring is 1. The molecule has 0 heterocycles. The average molecular weight is 221 g/mol. The van der Waals surface area contributed by atoms with Gasteiger partial charge in [-0.2, -0.15) is 13.2 Å². The van der Waals surface area contributed by atoms with E-state index in [1.165, 1.54) is 19.2 Å². The SMILES string of the molecule is COc1cccc(C(O)C(F)(F)F)c1N. The largest absolute Gasteiger partial charge is 0.495 e. The quantitative estimate of drug-likeness (QED) is 0.749. The van der Waals surface area contributed by atoms with Crippen LogP contribution in [0.5, 0.6) is 5.75 Å². The predicted octanol–water partition coefficient (Wildman–Crippen LogP) is 1.87. The van der Waals surface area contributed by atoms with Gasteiger partial charge in [-0.05, 0) is 6.07 Å². The first-order valence-electron chi connectivity index (χ1n) is 4.05. The number of aliphatic hydroxyl groups excluding tert-OH is 1.